The third-order valence-electron chi connectivity index (χ3n) is 5.12. The Kier molecular flexibility index (Phi) is 3.51. The third kappa shape index (κ3) is 2.13. The van der Waals surface area contributed by atoms with E-state index in [9.17, 15) is 0 Å². The highest BCUT2D eigenvalue weighted by molar-refractivity contribution is 5.81. The van der Waals surface area contributed by atoms with Gasteiger partial charge in [0.15, 0.2) is 0 Å². The molecule has 1 atom stereocenters. The Balaban J connectivity index is 2.06. The minimum Gasteiger partial charge on any atom is -0.497 e. The maximum atomic E-state index is 6.32. The Bertz CT molecular complexity index is 767. The van der Waals surface area contributed by atoms with Crippen molar-refractivity contribution in [3.8, 4) is 22.6 Å². The number of aromatic nitrogens is 1. The molecule has 0 saturated carbocycles. The van der Waals surface area contributed by atoms with Crippen molar-refractivity contribution in [2.24, 2.45) is 0 Å². The molecule has 1 aromatic heterocycles. The molecule has 1 aliphatic heterocycles. The average Bonchev–Trinajstić information content (AvgIpc) is 2.60. The molecule has 0 radical (unpaired) electrons. The van der Waals surface area contributed by atoms with Gasteiger partial charge in [0.25, 0.3) is 0 Å². The summed E-state index contributed by atoms with van der Waals surface area (Å²) in [6.45, 7) is 4.43. The zero-order chi connectivity index (χ0) is 16.0. The number of hydrogen-bond acceptors (Lipinski definition) is 3. The number of rotatable bonds is 3. The molecule has 3 heteroatoms. The zero-order valence-corrected chi connectivity index (χ0v) is 14.1. The number of methoxy groups -OCH3 is 1. The molecule has 1 aromatic carbocycles. The molecule has 0 spiro atoms. The van der Waals surface area contributed by atoms with Crippen LogP contribution in [0.25, 0.3) is 11.1 Å². The van der Waals surface area contributed by atoms with Gasteiger partial charge in [-0.3, -0.25) is 4.98 Å². The Labute approximate surface area is 137 Å². The van der Waals surface area contributed by atoms with Gasteiger partial charge in [0.05, 0.1) is 7.11 Å². The van der Waals surface area contributed by atoms with Crippen LogP contribution >= 0.6 is 0 Å². The summed E-state index contributed by atoms with van der Waals surface area (Å²) in [4.78, 5) is 5.00. The van der Waals surface area contributed by atoms with Gasteiger partial charge >= 0.3 is 0 Å². The molecule has 0 amide bonds. The van der Waals surface area contributed by atoms with Crippen LogP contribution in [0.4, 0.5) is 0 Å². The molecule has 2 aliphatic rings. The SMILES string of the molecule is CCc1nc2c3c(c1CC)-c1cc(OC)ccc1OC3CCC2. The molecular weight excluding hydrogens is 286 g/mol. The van der Waals surface area contributed by atoms with Crippen LogP contribution in [0.15, 0.2) is 18.2 Å². The van der Waals surface area contributed by atoms with Crippen molar-refractivity contribution >= 4 is 0 Å². The summed E-state index contributed by atoms with van der Waals surface area (Å²) in [6, 6.07) is 6.16. The Morgan fingerprint density at radius 1 is 1.26 bits per heavy atom. The molecule has 3 nitrogen and oxygen atoms in total. The largest absolute Gasteiger partial charge is 0.497 e. The van der Waals surface area contributed by atoms with Crippen LogP contribution in [-0.4, -0.2) is 12.1 Å². The van der Waals surface area contributed by atoms with Gasteiger partial charge in [-0.15, -0.1) is 0 Å². The van der Waals surface area contributed by atoms with Gasteiger partial charge in [0.1, 0.15) is 17.6 Å². The van der Waals surface area contributed by atoms with Crippen LogP contribution in [0.1, 0.15) is 55.3 Å². The lowest BCUT2D eigenvalue weighted by Crippen LogP contribution is -2.23. The molecular formula is C20H23NO2. The fraction of sp³-hybridized carbons (Fsp3) is 0.450. The maximum Gasteiger partial charge on any atom is 0.128 e. The Morgan fingerprint density at radius 2 is 2.13 bits per heavy atom. The first-order valence-electron chi connectivity index (χ1n) is 8.66. The molecule has 0 bridgehead atoms. The maximum absolute atomic E-state index is 6.32. The van der Waals surface area contributed by atoms with Gasteiger partial charge in [0.2, 0.25) is 0 Å². The summed E-state index contributed by atoms with van der Waals surface area (Å²) < 4.78 is 11.8. The minimum atomic E-state index is 0.165. The summed E-state index contributed by atoms with van der Waals surface area (Å²) >= 11 is 0. The Morgan fingerprint density at radius 3 is 2.87 bits per heavy atom. The van der Waals surface area contributed by atoms with Crippen LogP contribution in [-0.2, 0) is 19.3 Å². The van der Waals surface area contributed by atoms with Gasteiger partial charge in [-0.25, -0.2) is 0 Å². The predicted octanol–water partition coefficient (Wildman–Crippen LogP) is 4.65. The normalized spacial score (nSPS) is 18.0. The van der Waals surface area contributed by atoms with Crippen molar-refractivity contribution < 1.29 is 9.47 Å². The van der Waals surface area contributed by atoms with E-state index >= 15 is 0 Å². The zero-order valence-electron chi connectivity index (χ0n) is 14.1. The van der Waals surface area contributed by atoms with Crippen molar-refractivity contribution in [3.63, 3.8) is 0 Å². The third-order valence-corrected chi connectivity index (χ3v) is 5.12. The number of benzene rings is 1. The number of aryl methyl sites for hydroxylation is 2. The predicted molar refractivity (Wildman–Crippen MR) is 91.3 cm³/mol. The topological polar surface area (TPSA) is 31.4 Å². The van der Waals surface area contributed by atoms with Gasteiger partial charge in [0, 0.05) is 22.5 Å². The first-order valence-corrected chi connectivity index (χ1v) is 8.66. The first-order chi connectivity index (χ1) is 11.3. The summed E-state index contributed by atoms with van der Waals surface area (Å²) in [6.07, 6.45) is 5.46. The van der Waals surface area contributed by atoms with Crippen molar-refractivity contribution in [1.82, 2.24) is 4.98 Å². The molecule has 0 saturated heterocycles. The standard InChI is InChI=1S/C20H23NO2/c1-4-13-15(5-2)21-16-7-6-8-18-20(16)19(13)14-11-12(22-3)9-10-17(14)23-18/h9-11,18H,4-8H2,1-3H3. The lowest BCUT2D eigenvalue weighted by molar-refractivity contribution is 0.178. The lowest BCUT2D eigenvalue weighted by atomic mass is 9.81. The van der Waals surface area contributed by atoms with E-state index in [1.807, 2.05) is 6.07 Å². The number of pyridine rings is 1. The van der Waals surface area contributed by atoms with Crippen LogP contribution in [0.5, 0.6) is 11.5 Å². The number of ether oxygens (including phenoxy) is 2. The van der Waals surface area contributed by atoms with Gasteiger partial charge in [-0.05, 0) is 61.4 Å². The molecule has 0 fully saturated rings. The molecule has 2 aromatic rings. The summed E-state index contributed by atoms with van der Waals surface area (Å²) in [5.41, 5.74) is 7.77. The summed E-state index contributed by atoms with van der Waals surface area (Å²) in [7, 11) is 1.72. The highest BCUT2D eigenvalue weighted by Crippen LogP contribution is 2.50. The monoisotopic (exact) mass is 309 g/mol. The van der Waals surface area contributed by atoms with Gasteiger partial charge < -0.3 is 9.47 Å². The van der Waals surface area contributed by atoms with Crippen molar-refractivity contribution in [2.75, 3.05) is 7.11 Å². The van der Waals surface area contributed by atoms with Crippen LogP contribution < -0.4 is 9.47 Å². The molecule has 0 N–H and O–H groups in total. The van der Waals surface area contributed by atoms with Gasteiger partial charge in [-0.1, -0.05) is 13.8 Å². The first kappa shape index (κ1) is 14.6. The summed E-state index contributed by atoms with van der Waals surface area (Å²) in [5.74, 6) is 1.87. The molecule has 2 heterocycles. The second-order valence-corrected chi connectivity index (χ2v) is 6.34. The van der Waals surface area contributed by atoms with Crippen LogP contribution in [0.3, 0.4) is 0 Å². The quantitative estimate of drug-likeness (QED) is 0.827. The average molecular weight is 309 g/mol. The van der Waals surface area contributed by atoms with E-state index in [2.05, 4.69) is 26.0 Å². The molecule has 120 valence electrons. The molecule has 1 aliphatic carbocycles. The number of hydrogen-bond donors (Lipinski definition) is 0. The lowest BCUT2D eigenvalue weighted by Gasteiger charge is -2.35. The highest BCUT2D eigenvalue weighted by Gasteiger charge is 2.34. The van der Waals surface area contributed by atoms with E-state index in [-0.39, 0.29) is 6.10 Å². The number of nitrogens with zero attached hydrogens (tertiary/aromatic N) is 1. The van der Waals surface area contributed by atoms with E-state index in [1.54, 1.807) is 7.11 Å². The van der Waals surface area contributed by atoms with E-state index in [4.69, 9.17) is 14.5 Å². The fourth-order valence-electron chi connectivity index (χ4n) is 4.06. The van der Waals surface area contributed by atoms with Crippen molar-refractivity contribution in [3.05, 3.63) is 40.7 Å². The van der Waals surface area contributed by atoms with Crippen molar-refractivity contribution in [2.45, 2.75) is 52.1 Å². The van der Waals surface area contributed by atoms with E-state index in [1.165, 1.54) is 33.6 Å². The van der Waals surface area contributed by atoms with Crippen molar-refractivity contribution in [1.29, 1.82) is 0 Å². The second kappa shape index (κ2) is 5.55. The van der Waals surface area contributed by atoms with Gasteiger partial charge in [-0.2, -0.15) is 0 Å². The second-order valence-electron chi connectivity index (χ2n) is 6.34. The van der Waals surface area contributed by atoms with Crippen LogP contribution in [0, 0.1) is 0 Å². The van der Waals surface area contributed by atoms with E-state index in [0.717, 1.165) is 43.6 Å². The molecule has 4 rings (SSSR count). The van der Waals surface area contributed by atoms with Crippen LogP contribution in [0.2, 0.25) is 0 Å². The molecule has 23 heavy (non-hydrogen) atoms. The van der Waals surface area contributed by atoms with E-state index in [0.29, 0.717) is 0 Å². The summed E-state index contributed by atoms with van der Waals surface area (Å²) in [5, 5.41) is 0. The number of fused-ring (bicyclic) bond motifs is 2. The smallest absolute Gasteiger partial charge is 0.128 e. The highest BCUT2D eigenvalue weighted by atomic mass is 16.5. The Hall–Kier alpha value is -2.03. The minimum absolute atomic E-state index is 0.165. The molecule has 1 unspecified atom stereocenters. The van der Waals surface area contributed by atoms with E-state index < -0.39 is 0 Å². The fourth-order valence-corrected chi connectivity index (χ4v) is 4.06.